The highest BCUT2D eigenvalue weighted by Crippen LogP contribution is 2.26. The van der Waals surface area contributed by atoms with Crippen LogP contribution >= 0.6 is 0 Å². The van der Waals surface area contributed by atoms with Crippen LogP contribution < -0.4 is 0 Å². The molecule has 2 aliphatic rings. The van der Waals surface area contributed by atoms with Crippen LogP contribution in [-0.4, -0.2) is 142 Å². The van der Waals surface area contributed by atoms with E-state index < -0.39 is 86.7 Å². The number of unbranched alkanes of at least 4 members (excludes halogenated alkanes) is 23. The number of hydrogen-bond donors (Lipinski definition) is 7. The molecule has 2 saturated heterocycles. The van der Waals surface area contributed by atoms with Gasteiger partial charge in [0.2, 0.25) is 0 Å². The molecular weight excluding hydrogens is 909 g/mol. The molecule has 0 aromatic heterocycles. The van der Waals surface area contributed by atoms with Gasteiger partial charge in [-0.1, -0.05) is 210 Å². The fourth-order valence-corrected chi connectivity index (χ4v) is 8.83. The van der Waals surface area contributed by atoms with Crippen LogP contribution in [0.3, 0.4) is 0 Å². The maximum absolute atomic E-state index is 13.0. The number of ether oxygens (including phenoxy) is 6. The first-order chi connectivity index (χ1) is 34.6. The first kappa shape index (κ1) is 65.1. The van der Waals surface area contributed by atoms with E-state index >= 15 is 0 Å². The molecule has 0 amide bonds. The first-order valence-electron chi connectivity index (χ1n) is 28.2. The fraction of sp³-hybridized carbons (Fsp3) is 0.842. The molecule has 14 nitrogen and oxygen atoms in total. The van der Waals surface area contributed by atoms with Crippen LogP contribution in [0.1, 0.15) is 206 Å². The van der Waals surface area contributed by atoms with Crippen LogP contribution in [-0.2, 0) is 33.2 Å². The molecule has 14 heteroatoms. The van der Waals surface area contributed by atoms with E-state index in [1.165, 1.54) is 135 Å². The Bertz CT molecular complexity index is 1360. The normalized spacial score (nSPS) is 25.6. The average molecular weight is 1010 g/mol. The molecule has 0 saturated carbocycles. The maximum Gasteiger partial charge on any atom is 0.306 e. The molecule has 2 fully saturated rings. The molecule has 2 heterocycles. The molecule has 0 aromatic carbocycles. The molecule has 0 bridgehead atoms. The van der Waals surface area contributed by atoms with Crippen molar-refractivity contribution >= 4 is 5.97 Å². The van der Waals surface area contributed by atoms with Gasteiger partial charge in [0.25, 0.3) is 0 Å². The standard InChI is InChI=1S/C57H102O14/c1-3-5-7-9-11-13-15-17-18-19-20-21-22-23-24-25-26-27-29-31-33-35-37-39-41-66-43-46(69-49(59)40-38-36-34-32-30-28-16-14-12-10-8-6-4-2)44-67-56-55(65)53(63)51(61)48(71-56)45-68-57-54(64)52(62)50(60)47(42-58)70-57/h6,8,12,14,28,30,34,36,46-48,50-58,60-65H,3-5,7,9-11,13,15-27,29,31-33,35,37-45H2,1-2H3/b8-6-,14-12-,30-28-,36-34-. The van der Waals surface area contributed by atoms with E-state index in [1.54, 1.807) is 0 Å². The summed E-state index contributed by atoms with van der Waals surface area (Å²) in [6.07, 6.45) is 36.4. The topological polar surface area (TPSA) is 214 Å². The molecule has 7 N–H and O–H groups in total. The van der Waals surface area contributed by atoms with Crippen molar-refractivity contribution in [3.63, 3.8) is 0 Å². The Balaban J connectivity index is 1.70. The zero-order valence-corrected chi connectivity index (χ0v) is 44.2. The Labute approximate surface area is 429 Å². The van der Waals surface area contributed by atoms with Crippen LogP contribution in [0.4, 0.5) is 0 Å². The van der Waals surface area contributed by atoms with Crippen molar-refractivity contribution in [2.45, 2.75) is 274 Å². The van der Waals surface area contributed by atoms with Crippen molar-refractivity contribution in [3.05, 3.63) is 48.6 Å². The van der Waals surface area contributed by atoms with Crippen LogP contribution in [0.5, 0.6) is 0 Å². The Hall–Kier alpha value is -2.05. The van der Waals surface area contributed by atoms with Crippen LogP contribution in [0.2, 0.25) is 0 Å². The van der Waals surface area contributed by atoms with Crippen molar-refractivity contribution in [1.82, 2.24) is 0 Å². The lowest BCUT2D eigenvalue weighted by atomic mass is 9.98. The lowest BCUT2D eigenvalue weighted by molar-refractivity contribution is -0.332. The summed E-state index contributed by atoms with van der Waals surface area (Å²) < 4.78 is 34.2. The highest BCUT2D eigenvalue weighted by molar-refractivity contribution is 5.69. The minimum Gasteiger partial charge on any atom is -0.457 e. The number of carbonyl (C=O) groups excluding carboxylic acids is 1. The summed E-state index contributed by atoms with van der Waals surface area (Å²) in [5.41, 5.74) is 0. The summed E-state index contributed by atoms with van der Waals surface area (Å²) in [5.74, 6) is -0.453. The zero-order chi connectivity index (χ0) is 51.6. The van der Waals surface area contributed by atoms with Crippen molar-refractivity contribution in [1.29, 1.82) is 0 Å². The molecule has 2 rings (SSSR count). The van der Waals surface area contributed by atoms with Gasteiger partial charge in [0.15, 0.2) is 12.6 Å². The first-order valence-corrected chi connectivity index (χ1v) is 28.2. The Morgan fingerprint density at radius 2 is 0.887 bits per heavy atom. The van der Waals surface area contributed by atoms with Crippen molar-refractivity contribution in [3.8, 4) is 0 Å². The second-order valence-corrected chi connectivity index (χ2v) is 19.7. The van der Waals surface area contributed by atoms with Gasteiger partial charge in [-0.25, -0.2) is 0 Å². The van der Waals surface area contributed by atoms with Crippen LogP contribution in [0, 0.1) is 0 Å². The lowest BCUT2D eigenvalue weighted by Crippen LogP contribution is -2.61. The second-order valence-electron chi connectivity index (χ2n) is 19.7. The van der Waals surface area contributed by atoms with Gasteiger partial charge in [0, 0.05) is 13.0 Å². The Morgan fingerprint density at radius 1 is 0.479 bits per heavy atom. The van der Waals surface area contributed by atoms with Gasteiger partial charge in [-0.3, -0.25) is 4.79 Å². The van der Waals surface area contributed by atoms with E-state index in [0.29, 0.717) is 13.0 Å². The van der Waals surface area contributed by atoms with E-state index in [9.17, 15) is 40.5 Å². The Morgan fingerprint density at radius 3 is 1.35 bits per heavy atom. The molecule has 11 atom stereocenters. The number of aliphatic hydroxyl groups excluding tert-OH is 7. The van der Waals surface area contributed by atoms with E-state index in [2.05, 4.69) is 50.3 Å². The van der Waals surface area contributed by atoms with Crippen LogP contribution in [0.25, 0.3) is 0 Å². The second kappa shape index (κ2) is 44.3. The number of aliphatic hydroxyl groups is 7. The molecule has 11 unspecified atom stereocenters. The molecule has 0 aliphatic carbocycles. The summed E-state index contributed by atoms with van der Waals surface area (Å²) >= 11 is 0. The molecule has 2 aliphatic heterocycles. The molecule has 0 aromatic rings. The number of allylic oxidation sites excluding steroid dienone is 8. The third kappa shape index (κ3) is 31.4. The van der Waals surface area contributed by atoms with Gasteiger partial charge in [0.1, 0.15) is 54.9 Å². The van der Waals surface area contributed by atoms with Gasteiger partial charge < -0.3 is 64.2 Å². The van der Waals surface area contributed by atoms with Gasteiger partial charge in [0.05, 0.1) is 26.4 Å². The number of hydrogen-bond acceptors (Lipinski definition) is 14. The van der Waals surface area contributed by atoms with Gasteiger partial charge >= 0.3 is 5.97 Å². The number of rotatable bonds is 45. The SMILES string of the molecule is CC/C=C\C/C=C\C/C=C\C/C=C\CCC(=O)OC(COCCCCCCCCCCCCCCCCCCCCCCCCCC)COC1OC(COC2OC(CO)C(O)C(O)C2O)C(O)C(O)C1O. The fourth-order valence-electron chi connectivity index (χ4n) is 8.83. The minimum atomic E-state index is -1.72. The predicted octanol–water partition coefficient (Wildman–Crippen LogP) is 9.52. The lowest BCUT2D eigenvalue weighted by Gasteiger charge is -2.42. The largest absolute Gasteiger partial charge is 0.457 e. The summed E-state index contributed by atoms with van der Waals surface area (Å²) in [6.45, 7) is 3.50. The van der Waals surface area contributed by atoms with E-state index in [1.807, 2.05) is 12.2 Å². The smallest absolute Gasteiger partial charge is 0.306 e. The van der Waals surface area contributed by atoms with Gasteiger partial charge in [-0.05, 0) is 38.5 Å². The molecule has 71 heavy (non-hydrogen) atoms. The van der Waals surface area contributed by atoms with E-state index in [-0.39, 0.29) is 19.6 Å². The van der Waals surface area contributed by atoms with E-state index in [4.69, 9.17) is 28.4 Å². The number of esters is 1. The van der Waals surface area contributed by atoms with Crippen LogP contribution in [0.15, 0.2) is 48.6 Å². The molecular formula is C57H102O14. The van der Waals surface area contributed by atoms with Gasteiger partial charge in [-0.2, -0.15) is 0 Å². The molecule has 0 spiro atoms. The third-order valence-electron chi connectivity index (χ3n) is 13.4. The average Bonchev–Trinajstić information content (AvgIpc) is 3.37. The minimum absolute atomic E-state index is 0.0344. The molecule has 0 radical (unpaired) electrons. The van der Waals surface area contributed by atoms with Gasteiger partial charge in [-0.15, -0.1) is 0 Å². The number of carbonyl (C=O) groups is 1. The van der Waals surface area contributed by atoms with Crippen molar-refractivity contribution in [2.24, 2.45) is 0 Å². The highest BCUT2D eigenvalue weighted by Gasteiger charge is 2.47. The summed E-state index contributed by atoms with van der Waals surface area (Å²) in [4.78, 5) is 13.0. The summed E-state index contributed by atoms with van der Waals surface area (Å²) in [7, 11) is 0. The highest BCUT2D eigenvalue weighted by atomic mass is 16.7. The monoisotopic (exact) mass is 1010 g/mol. The van der Waals surface area contributed by atoms with Crippen molar-refractivity contribution in [2.75, 3.05) is 33.0 Å². The summed E-state index contributed by atoms with van der Waals surface area (Å²) in [6, 6.07) is 0. The summed E-state index contributed by atoms with van der Waals surface area (Å²) in [5, 5.41) is 72.2. The van der Waals surface area contributed by atoms with E-state index in [0.717, 1.165) is 44.9 Å². The van der Waals surface area contributed by atoms with Crippen molar-refractivity contribution < 1.29 is 69.0 Å². The molecule has 414 valence electrons. The predicted molar refractivity (Wildman–Crippen MR) is 279 cm³/mol. The Kier molecular flexibility index (Phi) is 40.6. The third-order valence-corrected chi connectivity index (χ3v) is 13.4. The zero-order valence-electron chi connectivity index (χ0n) is 44.2. The quantitative estimate of drug-likeness (QED) is 0.0172. The maximum atomic E-state index is 13.0.